The zero-order valence-corrected chi connectivity index (χ0v) is 19.0. The summed E-state index contributed by atoms with van der Waals surface area (Å²) in [4.78, 5) is 31.9. The molecule has 29 heavy (non-hydrogen) atoms. The molecule has 0 radical (unpaired) electrons. The van der Waals surface area contributed by atoms with Gasteiger partial charge in [0.2, 0.25) is 0 Å². The van der Waals surface area contributed by atoms with E-state index < -0.39 is 11.9 Å². The highest BCUT2D eigenvalue weighted by Gasteiger charge is 2.25. The summed E-state index contributed by atoms with van der Waals surface area (Å²) >= 11 is 3.18. The van der Waals surface area contributed by atoms with Crippen LogP contribution in [0.4, 0.5) is 5.82 Å². The maximum atomic E-state index is 12.5. The minimum Gasteiger partial charge on any atom is -1.00 e. The lowest BCUT2D eigenvalue weighted by Gasteiger charge is -2.07. The number of amides is 1. The van der Waals surface area contributed by atoms with E-state index in [1.807, 2.05) is 23.0 Å². The van der Waals surface area contributed by atoms with Gasteiger partial charge in [0, 0.05) is 6.07 Å². The van der Waals surface area contributed by atoms with Gasteiger partial charge in [-0.2, -0.15) is 0 Å². The molecule has 11 heteroatoms. The minimum atomic E-state index is -0.979. The number of carboxylic acids is 1. The van der Waals surface area contributed by atoms with Gasteiger partial charge in [0.15, 0.2) is 22.5 Å². The molecule has 2 heterocycles. The number of benzene rings is 1. The number of rotatable bonds is 6. The second kappa shape index (κ2) is 9.31. The molecule has 0 saturated carbocycles. The number of aromatic carboxylic acids is 1. The zero-order chi connectivity index (χ0) is 20.4. The molecule has 0 aliphatic rings. The number of nitrogens with one attached hydrogen (secondary N) is 1. The van der Waals surface area contributed by atoms with Crippen molar-refractivity contribution in [3.8, 4) is 0 Å². The van der Waals surface area contributed by atoms with E-state index in [1.165, 1.54) is 6.20 Å². The number of nitrogen functional groups attached to an aromatic ring is 1. The molecule has 3 rings (SSSR count). The second-order valence-electron chi connectivity index (χ2n) is 6.02. The Morgan fingerprint density at radius 2 is 2.07 bits per heavy atom. The molecule has 0 aliphatic carbocycles. The van der Waals surface area contributed by atoms with Gasteiger partial charge < -0.3 is 33.1 Å². The Morgan fingerprint density at radius 3 is 2.69 bits per heavy atom. The fourth-order valence-electron chi connectivity index (χ4n) is 3.21. The number of carboxylic acid groups (broad SMARTS) is 1. The topological polar surface area (TPSA) is 127 Å². The molecular formula is C18H20Br2N6O3. The highest BCUT2D eigenvalue weighted by atomic mass is 79.9. The molecule has 0 fully saturated rings. The van der Waals surface area contributed by atoms with E-state index >= 15 is 0 Å². The third kappa shape index (κ3) is 4.40. The van der Waals surface area contributed by atoms with Crippen LogP contribution < -0.4 is 32.6 Å². The number of aryl methyl sites for hydroxylation is 2. The monoisotopic (exact) mass is 526 g/mol. The largest absolute Gasteiger partial charge is 1.00 e. The van der Waals surface area contributed by atoms with Crippen molar-refractivity contribution in [2.75, 3.05) is 5.73 Å². The number of halogens is 2. The zero-order valence-electron chi connectivity index (χ0n) is 15.8. The number of imidazole rings is 1. The Kier molecular flexibility index (Phi) is 7.31. The fraction of sp³-hybridized carbons (Fsp3) is 0.278. The van der Waals surface area contributed by atoms with Crippen molar-refractivity contribution >= 4 is 44.7 Å². The minimum absolute atomic E-state index is 0. The van der Waals surface area contributed by atoms with Gasteiger partial charge in [0.05, 0.1) is 24.8 Å². The van der Waals surface area contributed by atoms with Crippen LogP contribution in [0.1, 0.15) is 40.5 Å². The molecule has 1 amide bonds. The summed E-state index contributed by atoms with van der Waals surface area (Å²) in [6.07, 6.45) is 1.42. The summed E-state index contributed by atoms with van der Waals surface area (Å²) in [7, 11) is 0. The van der Waals surface area contributed by atoms with Gasteiger partial charge in [0.1, 0.15) is 11.1 Å². The van der Waals surface area contributed by atoms with Crippen LogP contribution in [0.2, 0.25) is 0 Å². The van der Waals surface area contributed by atoms with Crippen molar-refractivity contribution in [3.63, 3.8) is 0 Å². The Morgan fingerprint density at radius 1 is 1.34 bits per heavy atom. The number of hydrogen-bond donors (Lipinski definition) is 3. The van der Waals surface area contributed by atoms with Gasteiger partial charge in [-0.15, -0.1) is 0 Å². The van der Waals surface area contributed by atoms with Crippen LogP contribution in [0.15, 0.2) is 29.0 Å². The molecular weight excluding hydrogens is 508 g/mol. The van der Waals surface area contributed by atoms with E-state index in [2.05, 4.69) is 31.2 Å². The molecule has 4 N–H and O–H groups in total. The Hall–Kier alpha value is -2.53. The lowest BCUT2D eigenvalue weighted by molar-refractivity contribution is -0.676. The van der Waals surface area contributed by atoms with Crippen LogP contribution >= 0.6 is 15.9 Å². The average Bonchev–Trinajstić information content (AvgIpc) is 2.99. The summed E-state index contributed by atoms with van der Waals surface area (Å²) in [6.45, 7) is 5.48. The van der Waals surface area contributed by atoms with Crippen LogP contribution in [0.5, 0.6) is 0 Å². The Balaban J connectivity index is 0.00000300. The van der Waals surface area contributed by atoms with Crippen molar-refractivity contribution in [1.82, 2.24) is 19.9 Å². The van der Waals surface area contributed by atoms with E-state index in [-0.39, 0.29) is 40.6 Å². The van der Waals surface area contributed by atoms with Crippen LogP contribution in [-0.2, 0) is 19.6 Å². The van der Waals surface area contributed by atoms with Crippen LogP contribution in [0.25, 0.3) is 11.0 Å². The Bertz CT molecular complexity index is 1080. The van der Waals surface area contributed by atoms with Crippen LogP contribution in [0.3, 0.4) is 0 Å². The molecule has 2 aromatic heterocycles. The average molecular weight is 528 g/mol. The number of aromatic nitrogens is 4. The van der Waals surface area contributed by atoms with Crippen molar-refractivity contribution in [2.24, 2.45) is 0 Å². The van der Waals surface area contributed by atoms with Crippen molar-refractivity contribution in [2.45, 2.75) is 33.5 Å². The first-order chi connectivity index (χ1) is 13.4. The summed E-state index contributed by atoms with van der Waals surface area (Å²) in [6, 6.07) is 5.02. The van der Waals surface area contributed by atoms with E-state index in [9.17, 15) is 14.7 Å². The van der Waals surface area contributed by atoms with E-state index in [0.717, 1.165) is 16.9 Å². The third-order valence-electron chi connectivity index (χ3n) is 4.45. The standard InChI is InChI=1S/C18H19BrN6O3.BrH/c1-3-24-11-6-5-10(18(27)28)7-12(11)25(4-2)14(24)9-22-17(26)15-16(20)21-8-13(19)23-15;/h5-8H,3-4,9H2,1-2H3,(H3-,20,21,22,26,27,28);1H. The molecule has 0 aliphatic heterocycles. The second-order valence-corrected chi connectivity index (χ2v) is 6.84. The van der Waals surface area contributed by atoms with E-state index in [0.29, 0.717) is 17.7 Å². The van der Waals surface area contributed by atoms with Gasteiger partial charge >= 0.3 is 5.97 Å². The van der Waals surface area contributed by atoms with E-state index in [1.54, 1.807) is 18.2 Å². The highest BCUT2D eigenvalue weighted by molar-refractivity contribution is 9.10. The highest BCUT2D eigenvalue weighted by Crippen LogP contribution is 2.18. The summed E-state index contributed by atoms with van der Waals surface area (Å²) in [5, 5.41) is 12.1. The first-order valence-electron chi connectivity index (χ1n) is 8.71. The lowest BCUT2D eigenvalue weighted by Crippen LogP contribution is -3.00. The van der Waals surface area contributed by atoms with Gasteiger partial charge in [-0.3, -0.25) is 4.79 Å². The van der Waals surface area contributed by atoms with Crippen LogP contribution in [-0.4, -0.2) is 31.5 Å². The maximum absolute atomic E-state index is 12.5. The fourth-order valence-corrected chi connectivity index (χ4v) is 3.49. The van der Waals surface area contributed by atoms with Gasteiger partial charge in [0.25, 0.3) is 11.7 Å². The summed E-state index contributed by atoms with van der Waals surface area (Å²) < 4.78 is 4.45. The van der Waals surface area contributed by atoms with Crippen molar-refractivity contribution in [3.05, 3.63) is 46.1 Å². The molecule has 1 aromatic carbocycles. The quantitative estimate of drug-likeness (QED) is 0.343. The normalized spacial score (nSPS) is 10.6. The van der Waals surface area contributed by atoms with Gasteiger partial charge in [-0.25, -0.2) is 23.9 Å². The SMILES string of the molecule is CCn1c(CNC(=O)c2nc(Br)cnc2N)[n+](CC)c2ccc(C(=O)O)cc21.[Br-]. The Labute approximate surface area is 185 Å². The first-order valence-corrected chi connectivity index (χ1v) is 9.51. The summed E-state index contributed by atoms with van der Waals surface area (Å²) in [5.74, 6) is -0.524. The number of carbonyl (C=O) groups excluding carboxylic acids is 1. The maximum Gasteiger partial charge on any atom is 0.335 e. The summed E-state index contributed by atoms with van der Waals surface area (Å²) in [5.41, 5.74) is 7.73. The molecule has 154 valence electrons. The van der Waals surface area contributed by atoms with Crippen molar-refractivity contribution in [1.29, 1.82) is 0 Å². The van der Waals surface area contributed by atoms with Gasteiger partial charge in [-0.1, -0.05) is 0 Å². The molecule has 0 bridgehead atoms. The first kappa shape index (κ1) is 22.8. The van der Waals surface area contributed by atoms with Crippen LogP contribution in [0, 0.1) is 0 Å². The third-order valence-corrected chi connectivity index (χ3v) is 4.84. The number of nitrogens with two attached hydrogens (primary N) is 1. The number of fused-ring (bicyclic) bond motifs is 1. The smallest absolute Gasteiger partial charge is 0.335 e. The molecule has 9 nitrogen and oxygen atoms in total. The molecule has 0 spiro atoms. The van der Waals surface area contributed by atoms with Crippen molar-refractivity contribution < 1.29 is 36.2 Å². The predicted molar refractivity (Wildman–Crippen MR) is 106 cm³/mol. The number of hydrogen-bond acceptors (Lipinski definition) is 5. The number of anilines is 1. The molecule has 0 unspecified atom stereocenters. The predicted octanol–water partition coefficient (Wildman–Crippen LogP) is -1.26. The van der Waals surface area contributed by atoms with Gasteiger partial charge in [-0.05, 0) is 41.9 Å². The molecule has 3 aromatic rings. The lowest BCUT2D eigenvalue weighted by atomic mass is 10.2. The number of carbonyl (C=O) groups is 2. The molecule has 0 atom stereocenters. The number of nitrogens with zero attached hydrogens (tertiary/aromatic N) is 4. The van der Waals surface area contributed by atoms with E-state index in [4.69, 9.17) is 5.73 Å². The molecule has 0 saturated heterocycles.